The third-order valence-corrected chi connectivity index (χ3v) is 5.77. The van der Waals surface area contributed by atoms with Crippen molar-refractivity contribution in [3.8, 4) is 5.75 Å². The van der Waals surface area contributed by atoms with Crippen molar-refractivity contribution in [2.24, 2.45) is 15.2 Å². The number of hydrogen-bond donors (Lipinski definition) is 1. The Morgan fingerprint density at radius 3 is 2.52 bits per heavy atom. The van der Waals surface area contributed by atoms with Crippen LogP contribution >= 0.6 is 0 Å². The van der Waals surface area contributed by atoms with E-state index in [0.717, 1.165) is 24.2 Å². The van der Waals surface area contributed by atoms with Crippen molar-refractivity contribution < 1.29 is 19.1 Å². The van der Waals surface area contributed by atoms with Crippen LogP contribution < -0.4 is 10.1 Å². The van der Waals surface area contributed by atoms with Crippen molar-refractivity contribution in [2.45, 2.75) is 65.6 Å². The Bertz CT molecular complexity index is 970. The Kier molecular flexibility index (Phi) is 7.84. The maximum Gasteiger partial charge on any atom is 0.328 e. The maximum absolute atomic E-state index is 13.2. The fraction of sp³-hybridized carbons (Fsp3) is 0.542. The van der Waals surface area contributed by atoms with Crippen molar-refractivity contribution >= 4 is 34.7 Å². The first-order valence-corrected chi connectivity index (χ1v) is 11.6. The van der Waals surface area contributed by atoms with Gasteiger partial charge in [-0.2, -0.15) is 5.10 Å². The van der Waals surface area contributed by atoms with Crippen LogP contribution in [0.25, 0.3) is 0 Å². The van der Waals surface area contributed by atoms with E-state index in [9.17, 15) is 9.59 Å². The molecule has 1 aromatic rings. The minimum Gasteiger partial charge on any atom is -0.492 e. The summed E-state index contributed by atoms with van der Waals surface area (Å²) in [5.74, 6) is 0.214. The fourth-order valence-corrected chi connectivity index (χ4v) is 3.75. The van der Waals surface area contributed by atoms with Crippen molar-refractivity contribution in [3.63, 3.8) is 0 Å². The molecule has 1 amide bonds. The summed E-state index contributed by atoms with van der Waals surface area (Å²) in [6, 6.07) is 6.87. The van der Waals surface area contributed by atoms with E-state index in [1.807, 2.05) is 38.1 Å². The quantitative estimate of drug-likeness (QED) is 0.515. The van der Waals surface area contributed by atoms with E-state index in [-0.39, 0.29) is 11.9 Å². The molecule has 178 valence electrons. The smallest absolute Gasteiger partial charge is 0.328 e. The highest BCUT2D eigenvalue weighted by atomic mass is 16.5. The van der Waals surface area contributed by atoms with Gasteiger partial charge in [-0.1, -0.05) is 20.3 Å². The van der Waals surface area contributed by atoms with E-state index >= 15 is 0 Å². The predicted molar refractivity (Wildman–Crippen MR) is 129 cm³/mol. The van der Waals surface area contributed by atoms with Gasteiger partial charge in [0.15, 0.2) is 5.71 Å². The van der Waals surface area contributed by atoms with E-state index in [0.29, 0.717) is 43.4 Å². The molecule has 0 fully saturated rings. The second-order valence-electron chi connectivity index (χ2n) is 8.22. The minimum atomic E-state index is -0.662. The Balaban J connectivity index is 1.59. The molecule has 2 atom stereocenters. The molecule has 0 spiro atoms. The molecule has 2 aliphatic rings. The summed E-state index contributed by atoms with van der Waals surface area (Å²) in [5.41, 5.74) is 1.89. The molecule has 2 heterocycles. The molecule has 9 heteroatoms. The van der Waals surface area contributed by atoms with Gasteiger partial charge in [-0.15, -0.1) is 5.10 Å². The molecule has 1 aromatic carbocycles. The number of ether oxygens (including phenoxy) is 2. The maximum atomic E-state index is 13.2. The third-order valence-electron chi connectivity index (χ3n) is 5.77. The molecule has 0 aromatic heterocycles. The standard InChI is InChI=1S/C24H33N5O4/c1-6-9-19-20-21(28-27-19)22(30)29(24(5,7-2)26-20)14-15-33-18-12-10-17(11-13-18)25-16(4)23(31)32-8-3/h10-13,16,25H,6-9,14-15H2,1-5H3. The van der Waals surface area contributed by atoms with Gasteiger partial charge in [0.25, 0.3) is 5.91 Å². The van der Waals surface area contributed by atoms with Crippen LogP contribution in [0.5, 0.6) is 5.75 Å². The van der Waals surface area contributed by atoms with Crippen LogP contribution in [-0.2, 0) is 14.3 Å². The van der Waals surface area contributed by atoms with Crippen molar-refractivity contribution in [3.05, 3.63) is 24.3 Å². The molecule has 2 unspecified atom stereocenters. The van der Waals surface area contributed by atoms with Gasteiger partial charge in [-0.3, -0.25) is 9.79 Å². The van der Waals surface area contributed by atoms with Gasteiger partial charge in [-0.05, 0) is 57.9 Å². The Morgan fingerprint density at radius 2 is 1.88 bits per heavy atom. The number of esters is 1. The summed E-state index contributed by atoms with van der Waals surface area (Å²) in [6.45, 7) is 10.6. The second kappa shape index (κ2) is 10.6. The lowest BCUT2D eigenvalue weighted by Crippen LogP contribution is -2.58. The molecule has 0 radical (unpaired) electrons. The average Bonchev–Trinajstić information content (AvgIpc) is 3.19. The molecule has 1 N–H and O–H groups in total. The number of amides is 1. The van der Waals surface area contributed by atoms with Crippen LogP contribution in [0.15, 0.2) is 39.5 Å². The average molecular weight is 456 g/mol. The van der Waals surface area contributed by atoms with E-state index < -0.39 is 11.7 Å². The fourth-order valence-electron chi connectivity index (χ4n) is 3.75. The zero-order valence-corrected chi connectivity index (χ0v) is 20.1. The molecule has 0 saturated heterocycles. The Hall–Kier alpha value is -3.23. The normalized spacial score (nSPS) is 20.5. The summed E-state index contributed by atoms with van der Waals surface area (Å²) in [7, 11) is 0. The number of fused-ring (bicyclic) bond motifs is 1. The molecular formula is C24H33N5O4. The molecule has 2 aliphatic heterocycles. The first kappa shape index (κ1) is 24.4. The van der Waals surface area contributed by atoms with E-state index in [1.165, 1.54) is 0 Å². The first-order valence-electron chi connectivity index (χ1n) is 11.6. The van der Waals surface area contributed by atoms with Crippen molar-refractivity contribution in [2.75, 3.05) is 25.1 Å². The predicted octanol–water partition coefficient (Wildman–Crippen LogP) is 3.45. The van der Waals surface area contributed by atoms with Gasteiger partial charge in [-0.25, -0.2) is 4.79 Å². The van der Waals surface area contributed by atoms with Gasteiger partial charge in [0.05, 0.1) is 18.9 Å². The molecule has 0 bridgehead atoms. The minimum absolute atomic E-state index is 0.157. The molecule has 0 saturated carbocycles. The van der Waals surface area contributed by atoms with Gasteiger partial charge < -0.3 is 19.7 Å². The van der Waals surface area contributed by atoms with E-state index in [4.69, 9.17) is 14.5 Å². The zero-order valence-electron chi connectivity index (χ0n) is 20.1. The first-order chi connectivity index (χ1) is 15.8. The highest BCUT2D eigenvalue weighted by molar-refractivity contribution is 6.83. The number of carbonyl (C=O) groups excluding carboxylic acids is 2. The topological polar surface area (TPSA) is 105 Å². The Morgan fingerprint density at radius 1 is 1.15 bits per heavy atom. The van der Waals surface area contributed by atoms with Gasteiger partial charge in [0.1, 0.15) is 29.8 Å². The number of nitrogens with one attached hydrogen (secondary N) is 1. The van der Waals surface area contributed by atoms with Crippen molar-refractivity contribution in [1.29, 1.82) is 0 Å². The van der Waals surface area contributed by atoms with Crippen LogP contribution in [0.1, 0.15) is 53.9 Å². The summed E-state index contributed by atoms with van der Waals surface area (Å²) in [6.07, 6.45) is 2.35. The number of anilines is 1. The van der Waals surface area contributed by atoms with E-state index in [1.54, 1.807) is 18.7 Å². The number of nitrogens with zero attached hydrogens (tertiary/aromatic N) is 4. The summed E-state index contributed by atoms with van der Waals surface area (Å²) in [4.78, 5) is 31.5. The zero-order chi connectivity index (χ0) is 24.0. The van der Waals surface area contributed by atoms with Gasteiger partial charge >= 0.3 is 5.97 Å². The SMILES string of the molecule is CCCC1=NN=C2C(=O)N(CCOc3ccc(NC(C)C(=O)OCC)cc3)C(C)(CC)N=C12. The van der Waals surface area contributed by atoms with Gasteiger partial charge in [0.2, 0.25) is 0 Å². The number of rotatable bonds is 11. The van der Waals surface area contributed by atoms with E-state index in [2.05, 4.69) is 22.4 Å². The van der Waals surface area contributed by atoms with Crippen LogP contribution in [-0.4, -0.2) is 65.4 Å². The monoisotopic (exact) mass is 455 g/mol. The van der Waals surface area contributed by atoms with Gasteiger partial charge in [0, 0.05) is 5.69 Å². The van der Waals surface area contributed by atoms with Crippen LogP contribution in [0.2, 0.25) is 0 Å². The molecular weight excluding hydrogens is 422 g/mol. The lowest BCUT2D eigenvalue weighted by Gasteiger charge is -2.41. The highest BCUT2D eigenvalue weighted by Gasteiger charge is 2.44. The summed E-state index contributed by atoms with van der Waals surface area (Å²) >= 11 is 0. The highest BCUT2D eigenvalue weighted by Crippen LogP contribution is 2.28. The van der Waals surface area contributed by atoms with Crippen molar-refractivity contribution in [1.82, 2.24) is 4.90 Å². The number of carbonyl (C=O) groups is 2. The van der Waals surface area contributed by atoms with Crippen LogP contribution in [0.3, 0.4) is 0 Å². The number of aliphatic imine (C=N–C) groups is 1. The molecule has 33 heavy (non-hydrogen) atoms. The summed E-state index contributed by atoms with van der Waals surface area (Å²) in [5, 5.41) is 11.4. The largest absolute Gasteiger partial charge is 0.492 e. The van der Waals surface area contributed by atoms with Crippen LogP contribution in [0.4, 0.5) is 5.69 Å². The lowest BCUT2D eigenvalue weighted by molar-refractivity contribution is -0.143. The Labute approximate surface area is 195 Å². The summed E-state index contributed by atoms with van der Waals surface area (Å²) < 4.78 is 10.9. The number of benzene rings is 1. The second-order valence-corrected chi connectivity index (χ2v) is 8.22. The molecule has 9 nitrogen and oxygen atoms in total. The van der Waals surface area contributed by atoms with Crippen LogP contribution in [0, 0.1) is 0 Å². The molecule has 3 rings (SSSR count). The number of hydrogen-bond acceptors (Lipinski definition) is 8. The lowest BCUT2D eigenvalue weighted by atomic mass is 9.97. The third kappa shape index (κ3) is 5.40. The molecule has 0 aliphatic carbocycles.